The van der Waals surface area contributed by atoms with Gasteiger partial charge in [0.2, 0.25) is 10.0 Å². The van der Waals surface area contributed by atoms with E-state index in [-0.39, 0.29) is 10.6 Å². The highest BCUT2D eigenvalue weighted by molar-refractivity contribution is 7.89. The topological polar surface area (TPSA) is 81.4 Å². The molecule has 1 rings (SSSR count). The van der Waals surface area contributed by atoms with Gasteiger partial charge in [-0.2, -0.15) is 0 Å². The molecule has 17 heavy (non-hydrogen) atoms. The van der Waals surface area contributed by atoms with E-state index < -0.39 is 21.3 Å². The van der Waals surface area contributed by atoms with Crippen LogP contribution in [-0.2, 0) is 24.1 Å². The summed E-state index contributed by atoms with van der Waals surface area (Å²) >= 11 is 0. The standard InChI is InChI=1S/C9H15N3O4S/c1-6-7(17(15,16)10(2)3)8(13)12(5)9(14)11(6)4/h1-5H3. The summed E-state index contributed by atoms with van der Waals surface area (Å²) in [4.78, 5) is 23.1. The Hall–Kier alpha value is -1.41. The maximum atomic E-state index is 12.0. The highest BCUT2D eigenvalue weighted by Gasteiger charge is 2.26. The molecule has 1 aromatic heterocycles. The normalized spacial score (nSPS) is 12.1. The van der Waals surface area contributed by atoms with Crippen molar-refractivity contribution in [2.75, 3.05) is 14.1 Å². The van der Waals surface area contributed by atoms with Crippen LogP contribution in [0.25, 0.3) is 0 Å². The monoisotopic (exact) mass is 261 g/mol. The van der Waals surface area contributed by atoms with Crippen molar-refractivity contribution >= 4 is 10.0 Å². The lowest BCUT2D eigenvalue weighted by molar-refractivity contribution is 0.511. The summed E-state index contributed by atoms with van der Waals surface area (Å²) in [6, 6.07) is 0. The van der Waals surface area contributed by atoms with Crippen LogP contribution < -0.4 is 11.2 Å². The Bertz CT molecular complexity index is 667. The van der Waals surface area contributed by atoms with Gasteiger partial charge in [0.1, 0.15) is 0 Å². The molecule has 96 valence electrons. The van der Waals surface area contributed by atoms with Gasteiger partial charge in [-0.3, -0.25) is 13.9 Å². The molecule has 8 heteroatoms. The van der Waals surface area contributed by atoms with E-state index in [1.165, 1.54) is 35.1 Å². The van der Waals surface area contributed by atoms with Crippen LogP contribution in [0, 0.1) is 6.92 Å². The van der Waals surface area contributed by atoms with Crippen molar-refractivity contribution in [2.24, 2.45) is 14.1 Å². The van der Waals surface area contributed by atoms with Crippen LogP contribution in [0.3, 0.4) is 0 Å². The van der Waals surface area contributed by atoms with E-state index in [1.807, 2.05) is 0 Å². The zero-order valence-corrected chi connectivity index (χ0v) is 11.2. The summed E-state index contributed by atoms with van der Waals surface area (Å²) < 4.78 is 26.8. The second-order valence-corrected chi connectivity index (χ2v) is 6.00. The van der Waals surface area contributed by atoms with E-state index >= 15 is 0 Å². The summed E-state index contributed by atoms with van der Waals surface area (Å²) in [5.74, 6) is 0. The molecule has 0 radical (unpaired) electrons. The first kappa shape index (κ1) is 13.7. The van der Waals surface area contributed by atoms with Crippen LogP contribution in [0.4, 0.5) is 0 Å². The van der Waals surface area contributed by atoms with Crippen LogP contribution >= 0.6 is 0 Å². The summed E-state index contributed by atoms with van der Waals surface area (Å²) in [5, 5.41) is 0. The zero-order valence-electron chi connectivity index (χ0n) is 10.4. The quantitative estimate of drug-likeness (QED) is 0.658. The van der Waals surface area contributed by atoms with Gasteiger partial charge in [-0.15, -0.1) is 0 Å². The lowest BCUT2D eigenvalue weighted by Gasteiger charge is -2.15. The molecule has 0 amide bonds. The number of nitrogens with zero attached hydrogens (tertiary/aromatic N) is 3. The van der Waals surface area contributed by atoms with Gasteiger partial charge in [0, 0.05) is 33.9 Å². The van der Waals surface area contributed by atoms with Gasteiger partial charge in [-0.1, -0.05) is 0 Å². The molecule has 0 spiro atoms. The molecule has 1 heterocycles. The third-order valence-electron chi connectivity index (χ3n) is 2.64. The molecule has 1 aromatic rings. The Balaban J connectivity index is 3.94. The number of hydrogen-bond acceptors (Lipinski definition) is 4. The Morgan fingerprint density at radius 1 is 1.06 bits per heavy atom. The first-order valence-electron chi connectivity index (χ1n) is 4.81. The minimum absolute atomic E-state index is 0.131. The molecular formula is C9H15N3O4S. The fraction of sp³-hybridized carbons (Fsp3) is 0.556. The molecular weight excluding hydrogens is 246 g/mol. The van der Waals surface area contributed by atoms with Crippen LogP contribution in [0.5, 0.6) is 0 Å². The number of rotatable bonds is 2. The van der Waals surface area contributed by atoms with Crippen molar-refractivity contribution < 1.29 is 8.42 Å². The van der Waals surface area contributed by atoms with Gasteiger partial charge in [0.15, 0.2) is 4.90 Å². The van der Waals surface area contributed by atoms with E-state index in [9.17, 15) is 18.0 Å². The predicted octanol–water partition coefficient (Wildman–Crippen LogP) is -1.36. The SMILES string of the molecule is Cc1c(S(=O)(=O)N(C)C)c(=O)n(C)c(=O)n1C. The predicted molar refractivity (Wildman–Crippen MR) is 62.5 cm³/mol. The van der Waals surface area contributed by atoms with E-state index in [4.69, 9.17) is 0 Å². The Labute approximate surface area is 99.0 Å². The highest BCUT2D eigenvalue weighted by atomic mass is 32.2. The number of hydrogen-bond donors (Lipinski definition) is 0. The molecule has 0 atom stereocenters. The molecule has 0 aliphatic carbocycles. The smallest absolute Gasteiger partial charge is 0.300 e. The van der Waals surface area contributed by atoms with E-state index in [0.717, 1.165) is 13.4 Å². The molecule has 0 aliphatic rings. The largest absolute Gasteiger partial charge is 0.330 e. The summed E-state index contributed by atoms with van der Waals surface area (Å²) in [6.45, 7) is 1.43. The van der Waals surface area contributed by atoms with Gasteiger partial charge < -0.3 is 0 Å². The van der Waals surface area contributed by atoms with Crippen molar-refractivity contribution in [1.82, 2.24) is 13.4 Å². The first-order chi connectivity index (χ1) is 7.62. The van der Waals surface area contributed by atoms with E-state index in [2.05, 4.69) is 0 Å². The molecule has 7 nitrogen and oxygen atoms in total. The van der Waals surface area contributed by atoms with Crippen LogP contribution in [0.15, 0.2) is 14.5 Å². The fourth-order valence-corrected chi connectivity index (χ4v) is 2.63. The van der Waals surface area contributed by atoms with Crippen molar-refractivity contribution in [3.8, 4) is 0 Å². The van der Waals surface area contributed by atoms with Crippen molar-refractivity contribution in [3.05, 3.63) is 26.5 Å². The maximum absolute atomic E-state index is 12.0. The van der Waals surface area contributed by atoms with E-state index in [1.54, 1.807) is 0 Å². The van der Waals surface area contributed by atoms with Crippen molar-refractivity contribution in [1.29, 1.82) is 0 Å². The Morgan fingerprint density at radius 2 is 1.53 bits per heavy atom. The molecule has 0 aromatic carbocycles. The van der Waals surface area contributed by atoms with E-state index in [0.29, 0.717) is 0 Å². The fourth-order valence-electron chi connectivity index (χ4n) is 1.39. The van der Waals surface area contributed by atoms with Crippen molar-refractivity contribution in [2.45, 2.75) is 11.8 Å². The second kappa shape index (κ2) is 4.11. The van der Waals surface area contributed by atoms with Crippen molar-refractivity contribution in [3.63, 3.8) is 0 Å². The average molecular weight is 261 g/mol. The molecule has 0 unspecified atom stereocenters. The molecule has 0 N–H and O–H groups in total. The Morgan fingerprint density at radius 3 is 1.94 bits per heavy atom. The molecule has 0 saturated carbocycles. The lowest BCUT2D eigenvalue weighted by Crippen LogP contribution is -2.43. The first-order valence-corrected chi connectivity index (χ1v) is 6.25. The third kappa shape index (κ3) is 1.93. The van der Waals surface area contributed by atoms with Gasteiger partial charge in [0.05, 0.1) is 0 Å². The van der Waals surface area contributed by atoms with Crippen LogP contribution in [0.1, 0.15) is 5.69 Å². The molecule has 0 saturated heterocycles. The summed E-state index contributed by atoms with van der Waals surface area (Å²) in [5.41, 5.74) is -1.23. The minimum atomic E-state index is -3.86. The van der Waals surface area contributed by atoms with Crippen LogP contribution in [-0.4, -0.2) is 36.0 Å². The third-order valence-corrected chi connectivity index (χ3v) is 4.59. The van der Waals surface area contributed by atoms with Gasteiger partial charge in [0.25, 0.3) is 5.56 Å². The molecule has 0 bridgehead atoms. The highest BCUT2D eigenvalue weighted by Crippen LogP contribution is 2.11. The lowest BCUT2D eigenvalue weighted by atomic mass is 10.4. The second-order valence-electron chi connectivity index (χ2n) is 3.91. The molecule has 0 fully saturated rings. The van der Waals surface area contributed by atoms with Gasteiger partial charge in [-0.05, 0) is 6.92 Å². The van der Waals surface area contributed by atoms with Gasteiger partial charge in [-0.25, -0.2) is 17.5 Å². The number of sulfonamides is 1. The van der Waals surface area contributed by atoms with Gasteiger partial charge >= 0.3 is 5.69 Å². The van der Waals surface area contributed by atoms with Crippen LogP contribution in [0.2, 0.25) is 0 Å². The number of aromatic nitrogens is 2. The molecule has 0 aliphatic heterocycles. The maximum Gasteiger partial charge on any atom is 0.330 e. The minimum Gasteiger partial charge on any atom is -0.300 e. The zero-order chi connectivity index (χ0) is 13.5. The summed E-state index contributed by atoms with van der Waals surface area (Å²) in [7, 11) is 1.48. The average Bonchev–Trinajstić information content (AvgIpc) is 2.23. The summed E-state index contributed by atoms with van der Waals surface area (Å²) in [6.07, 6.45) is 0. The Kier molecular flexibility index (Phi) is 3.30.